The molecule has 0 aromatic heterocycles. The van der Waals surface area contributed by atoms with Crippen LogP contribution in [-0.4, -0.2) is 34.2 Å². The lowest BCUT2D eigenvalue weighted by molar-refractivity contribution is -0.114. The molecule has 0 fully saturated rings. The Morgan fingerprint density at radius 2 is 1.45 bits per heavy atom. The molecule has 0 atom stereocenters. The summed E-state index contributed by atoms with van der Waals surface area (Å²) in [6.45, 7) is -0.474. The number of methoxy groups -OCH3 is 1. The predicted molar refractivity (Wildman–Crippen MR) is 148 cm³/mol. The second kappa shape index (κ2) is 11.9. The number of amides is 1. The average Bonchev–Trinajstić information content (AvgIpc) is 2.90. The minimum Gasteiger partial charge on any atom is -0.493 e. The Morgan fingerprint density at radius 3 is 2.11 bits per heavy atom. The normalized spacial score (nSPS) is 10.9. The zero-order valence-electron chi connectivity index (χ0n) is 20.6. The van der Waals surface area contributed by atoms with E-state index in [9.17, 15) is 13.2 Å². The Labute approximate surface area is 226 Å². The van der Waals surface area contributed by atoms with E-state index in [2.05, 4.69) is 5.32 Å². The molecule has 0 unspecified atom stereocenters. The molecule has 1 amide bonds. The van der Waals surface area contributed by atoms with Gasteiger partial charge in [0.2, 0.25) is 15.9 Å². The van der Waals surface area contributed by atoms with Crippen molar-refractivity contribution < 1.29 is 27.4 Å². The van der Waals surface area contributed by atoms with Crippen LogP contribution >= 0.6 is 11.6 Å². The van der Waals surface area contributed by atoms with E-state index >= 15 is 0 Å². The number of rotatable bonds is 10. The van der Waals surface area contributed by atoms with E-state index in [0.29, 0.717) is 39.5 Å². The van der Waals surface area contributed by atoms with Gasteiger partial charge in [0.1, 0.15) is 18.0 Å². The number of carbonyl (C=O) groups excluding carboxylic acids is 1. The van der Waals surface area contributed by atoms with Gasteiger partial charge < -0.3 is 19.5 Å². The number of carbonyl (C=O) groups is 1. The number of nitrogens with zero attached hydrogens (tertiary/aromatic N) is 1. The van der Waals surface area contributed by atoms with Crippen molar-refractivity contribution in [2.45, 2.75) is 0 Å². The Bertz CT molecular complexity index is 1510. The molecule has 0 bridgehead atoms. The number of para-hydroxylation sites is 3. The quantitative estimate of drug-likeness (QED) is 0.247. The molecule has 0 heterocycles. The third-order valence-corrected chi connectivity index (χ3v) is 6.67. The highest BCUT2D eigenvalue weighted by atomic mass is 35.5. The van der Waals surface area contributed by atoms with Gasteiger partial charge in [0.05, 0.1) is 24.7 Å². The molecule has 0 aliphatic carbocycles. The Morgan fingerprint density at radius 1 is 0.816 bits per heavy atom. The Kier molecular flexibility index (Phi) is 8.40. The first-order chi connectivity index (χ1) is 18.2. The molecule has 0 saturated heterocycles. The maximum Gasteiger partial charge on any atom is 0.245 e. The number of hydrogen-bond acceptors (Lipinski definition) is 6. The minimum absolute atomic E-state index is 0.272. The summed E-state index contributed by atoms with van der Waals surface area (Å²) in [5, 5.41) is 3.07. The topological polar surface area (TPSA) is 94.2 Å². The molecule has 4 rings (SSSR count). The summed E-state index contributed by atoms with van der Waals surface area (Å²) in [5.74, 6) is 1.82. The maximum atomic E-state index is 13.0. The summed E-state index contributed by atoms with van der Waals surface area (Å²) < 4.78 is 43.2. The number of benzene rings is 4. The van der Waals surface area contributed by atoms with Crippen LogP contribution in [0.1, 0.15) is 0 Å². The van der Waals surface area contributed by atoms with E-state index in [0.717, 1.165) is 10.6 Å². The average molecular weight is 553 g/mol. The fraction of sp³-hybridized carbons (Fsp3) is 0.107. The molecule has 38 heavy (non-hydrogen) atoms. The first-order valence-corrected chi connectivity index (χ1v) is 13.7. The van der Waals surface area contributed by atoms with Gasteiger partial charge in [0, 0.05) is 5.02 Å². The van der Waals surface area contributed by atoms with Crippen LogP contribution in [0.25, 0.3) is 0 Å². The van der Waals surface area contributed by atoms with Crippen molar-refractivity contribution in [2.24, 2.45) is 0 Å². The summed E-state index contributed by atoms with van der Waals surface area (Å²) in [6.07, 6.45) is 1.03. The predicted octanol–water partition coefficient (Wildman–Crippen LogP) is 6.34. The van der Waals surface area contributed by atoms with Crippen LogP contribution < -0.4 is 23.8 Å². The van der Waals surface area contributed by atoms with Crippen LogP contribution in [0, 0.1) is 0 Å². The zero-order chi connectivity index (χ0) is 27.1. The first-order valence-electron chi connectivity index (χ1n) is 11.4. The molecule has 0 saturated carbocycles. The van der Waals surface area contributed by atoms with Gasteiger partial charge in [0.15, 0.2) is 17.2 Å². The number of anilines is 2. The van der Waals surface area contributed by atoms with Crippen LogP contribution in [0.4, 0.5) is 11.4 Å². The number of hydrogen-bond donors (Lipinski definition) is 1. The fourth-order valence-corrected chi connectivity index (χ4v) is 4.56. The van der Waals surface area contributed by atoms with Gasteiger partial charge in [0.25, 0.3) is 0 Å². The van der Waals surface area contributed by atoms with Crippen LogP contribution in [0.2, 0.25) is 5.02 Å². The lowest BCUT2D eigenvalue weighted by atomic mass is 10.2. The van der Waals surface area contributed by atoms with Gasteiger partial charge in [-0.3, -0.25) is 9.10 Å². The van der Waals surface area contributed by atoms with Crippen LogP contribution in [0.15, 0.2) is 97.1 Å². The molecule has 1 N–H and O–H groups in total. The van der Waals surface area contributed by atoms with E-state index in [1.54, 1.807) is 60.7 Å². The lowest BCUT2D eigenvalue weighted by Crippen LogP contribution is -2.37. The highest BCUT2D eigenvalue weighted by Crippen LogP contribution is 2.36. The molecule has 8 nitrogen and oxygen atoms in total. The molecule has 0 aliphatic heterocycles. The molecule has 196 valence electrons. The highest BCUT2D eigenvalue weighted by molar-refractivity contribution is 7.92. The van der Waals surface area contributed by atoms with Crippen LogP contribution in [-0.2, 0) is 14.8 Å². The first kappa shape index (κ1) is 26.8. The van der Waals surface area contributed by atoms with Crippen molar-refractivity contribution in [1.82, 2.24) is 0 Å². The van der Waals surface area contributed by atoms with Crippen molar-refractivity contribution in [2.75, 3.05) is 29.5 Å². The monoisotopic (exact) mass is 552 g/mol. The van der Waals surface area contributed by atoms with Crippen LogP contribution in [0.5, 0.6) is 28.7 Å². The molecule has 0 spiro atoms. The fourth-order valence-electron chi connectivity index (χ4n) is 3.54. The molecule has 0 aliphatic rings. The summed E-state index contributed by atoms with van der Waals surface area (Å²) in [6, 6.07) is 27.4. The van der Waals surface area contributed by atoms with Crippen molar-refractivity contribution in [1.29, 1.82) is 0 Å². The van der Waals surface area contributed by atoms with Gasteiger partial charge in [-0.15, -0.1) is 0 Å². The molecule has 4 aromatic carbocycles. The molecule has 4 aromatic rings. The summed E-state index contributed by atoms with van der Waals surface area (Å²) in [7, 11) is -2.27. The third-order valence-electron chi connectivity index (χ3n) is 5.30. The number of sulfonamides is 1. The van der Waals surface area contributed by atoms with E-state index in [1.165, 1.54) is 13.2 Å². The largest absolute Gasteiger partial charge is 0.493 e. The highest BCUT2D eigenvalue weighted by Gasteiger charge is 2.22. The van der Waals surface area contributed by atoms with E-state index < -0.39 is 22.5 Å². The number of nitrogens with one attached hydrogen (secondary N) is 1. The number of ether oxygens (including phenoxy) is 3. The van der Waals surface area contributed by atoms with Gasteiger partial charge in [-0.05, 0) is 66.7 Å². The minimum atomic E-state index is -3.80. The summed E-state index contributed by atoms with van der Waals surface area (Å²) >= 11 is 6.16. The molecular weight excluding hydrogens is 528 g/mol. The summed E-state index contributed by atoms with van der Waals surface area (Å²) in [5.41, 5.74) is 0.577. The van der Waals surface area contributed by atoms with Gasteiger partial charge in [-0.1, -0.05) is 41.9 Å². The van der Waals surface area contributed by atoms with E-state index in [4.69, 9.17) is 25.8 Å². The van der Waals surface area contributed by atoms with Crippen molar-refractivity contribution in [3.63, 3.8) is 0 Å². The lowest BCUT2D eigenvalue weighted by Gasteiger charge is -2.22. The van der Waals surface area contributed by atoms with Gasteiger partial charge in [-0.2, -0.15) is 0 Å². The Hall–Kier alpha value is -4.21. The van der Waals surface area contributed by atoms with Gasteiger partial charge in [-0.25, -0.2) is 8.42 Å². The SMILES string of the molecule is COc1ccccc1Oc1ccc(Cl)cc1NC(=O)CN(c1ccc(Oc2ccccc2)cc1)S(C)(=O)=O. The second-order valence-corrected chi connectivity index (χ2v) is 10.5. The standard InChI is InChI=1S/C28H25ClN2O6S/c1-35-26-10-6-7-11-27(26)37-25-17-12-20(29)18-24(25)30-28(32)19-31(38(2,33)34)21-13-15-23(16-14-21)36-22-8-4-3-5-9-22/h3-18H,19H2,1-2H3,(H,30,32). The summed E-state index contributed by atoms with van der Waals surface area (Å²) in [4.78, 5) is 13.0. The Balaban J connectivity index is 1.52. The second-order valence-electron chi connectivity index (χ2n) is 8.12. The van der Waals surface area contributed by atoms with E-state index in [1.807, 2.05) is 30.3 Å². The number of halogens is 1. The van der Waals surface area contributed by atoms with Crippen molar-refractivity contribution in [3.05, 3.63) is 102 Å². The maximum absolute atomic E-state index is 13.0. The smallest absolute Gasteiger partial charge is 0.245 e. The third kappa shape index (κ3) is 6.96. The van der Waals surface area contributed by atoms with Gasteiger partial charge >= 0.3 is 0 Å². The molecule has 10 heteroatoms. The molecular formula is C28H25ClN2O6S. The van der Waals surface area contributed by atoms with Crippen molar-refractivity contribution in [3.8, 4) is 28.7 Å². The van der Waals surface area contributed by atoms with Crippen LogP contribution in [0.3, 0.4) is 0 Å². The van der Waals surface area contributed by atoms with E-state index in [-0.39, 0.29) is 5.69 Å². The van der Waals surface area contributed by atoms with Crippen molar-refractivity contribution >= 4 is 38.9 Å². The zero-order valence-corrected chi connectivity index (χ0v) is 22.2. The molecule has 0 radical (unpaired) electrons.